The molecule has 1 heteroatoms. The van der Waals surface area contributed by atoms with E-state index < -0.39 is 0 Å². The molecule has 0 saturated carbocycles. The van der Waals surface area contributed by atoms with Crippen LogP contribution in [0.25, 0.3) is 0 Å². The van der Waals surface area contributed by atoms with Gasteiger partial charge < -0.3 is 0 Å². The number of nitrogens with zero attached hydrogens (tertiary/aromatic N) is 1. The molecule has 0 N–H and O–H groups in total. The first-order valence-corrected chi connectivity index (χ1v) is 5.80. The molecule has 0 bridgehead atoms. The van der Waals surface area contributed by atoms with Crippen molar-refractivity contribution in [1.29, 1.82) is 0 Å². The van der Waals surface area contributed by atoms with Gasteiger partial charge >= 0.3 is 0 Å². The number of hydrogen-bond acceptors (Lipinski definition) is 1. The van der Waals surface area contributed by atoms with Crippen LogP contribution in [-0.2, 0) is 0 Å². The van der Waals surface area contributed by atoms with Crippen molar-refractivity contribution >= 4 is 6.21 Å². The van der Waals surface area contributed by atoms with Gasteiger partial charge in [0.1, 0.15) is 0 Å². The molecule has 0 atom stereocenters. The Bertz CT molecular complexity index is 172. The standard InChI is InChI=1S/C13H27N/c1-7-8-9-10-14-13(5,6)11-12(2,3)4/h10H,7-9,11H2,1-6H3. The van der Waals surface area contributed by atoms with Gasteiger partial charge in [0.25, 0.3) is 0 Å². The average molecular weight is 197 g/mol. The number of aliphatic imine (C=N–C) groups is 1. The maximum Gasteiger partial charge on any atom is 0.0553 e. The Morgan fingerprint density at radius 1 is 1.07 bits per heavy atom. The molecule has 0 spiro atoms. The minimum absolute atomic E-state index is 0.103. The molecule has 14 heavy (non-hydrogen) atoms. The number of hydrogen-bond donors (Lipinski definition) is 0. The first-order chi connectivity index (χ1) is 6.27. The highest BCUT2D eigenvalue weighted by atomic mass is 14.8. The second-order valence-corrected chi connectivity index (χ2v) is 6.00. The second kappa shape index (κ2) is 5.53. The third-order valence-corrected chi connectivity index (χ3v) is 2.09. The zero-order valence-electron chi connectivity index (χ0n) is 10.9. The van der Waals surface area contributed by atoms with Crippen molar-refractivity contribution in [1.82, 2.24) is 0 Å². The van der Waals surface area contributed by atoms with E-state index in [1.165, 1.54) is 12.8 Å². The molecule has 0 aliphatic carbocycles. The van der Waals surface area contributed by atoms with Gasteiger partial charge in [-0.15, -0.1) is 0 Å². The van der Waals surface area contributed by atoms with Crippen LogP contribution in [0.15, 0.2) is 4.99 Å². The van der Waals surface area contributed by atoms with Crippen LogP contribution in [0.4, 0.5) is 0 Å². The highest BCUT2D eigenvalue weighted by Crippen LogP contribution is 2.29. The second-order valence-electron chi connectivity index (χ2n) is 6.00. The average Bonchev–Trinajstić information content (AvgIpc) is 1.93. The lowest BCUT2D eigenvalue weighted by Gasteiger charge is -2.29. The summed E-state index contributed by atoms with van der Waals surface area (Å²) in [4.78, 5) is 4.65. The number of unbranched alkanes of at least 4 members (excludes halogenated alkanes) is 2. The molecule has 0 amide bonds. The summed E-state index contributed by atoms with van der Waals surface area (Å²) >= 11 is 0. The SMILES string of the molecule is CCCCC=NC(C)(C)CC(C)(C)C. The Kier molecular flexibility index (Phi) is 5.40. The third-order valence-electron chi connectivity index (χ3n) is 2.09. The van der Waals surface area contributed by atoms with Gasteiger partial charge in [-0.05, 0) is 44.7 Å². The van der Waals surface area contributed by atoms with E-state index in [0.29, 0.717) is 5.41 Å². The Hall–Kier alpha value is -0.330. The summed E-state index contributed by atoms with van der Waals surface area (Å²) in [6, 6.07) is 0. The van der Waals surface area contributed by atoms with Crippen molar-refractivity contribution in [3.63, 3.8) is 0 Å². The van der Waals surface area contributed by atoms with Crippen molar-refractivity contribution < 1.29 is 0 Å². The minimum Gasteiger partial charge on any atom is -0.291 e. The lowest BCUT2D eigenvalue weighted by Crippen LogP contribution is -2.24. The number of rotatable bonds is 5. The molecule has 0 radical (unpaired) electrons. The molecule has 0 aliphatic rings. The van der Waals surface area contributed by atoms with E-state index in [-0.39, 0.29) is 5.54 Å². The van der Waals surface area contributed by atoms with Gasteiger partial charge in [0.2, 0.25) is 0 Å². The maximum atomic E-state index is 4.65. The smallest absolute Gasteiger partial charge is 0.0553 e. The molecule has 0 heterocycles. The lowest BCUT2D eigenvalue weighted by molar-refractivity contribution is 0.288. The Labute approximate surface area is 90.0 Å². The fraction of sp³-hybridized carbons (Fsp3) is 0.923. The highest BCUT2D eigenvalue weighted by molar-refractivity contribution is 5.57. The van der Waals surface area contributed by atoms with Crippen LogP contribution in [0.3, 0.4) is 0 Å². The first-order valence-electron chi connectivity index (χ1n) is 5.80. The molecule has 84 valence electrons. The molecule has 0 saturated heterocycles. The summed E-state index contributed by atoms with van der Waals surface area (Å²) in [5.74, 6) is 0. The molecular weight excluding hydrogens is 170 g/mol. The summed E-state index contributed by atoms with van der Waals surface area (Å²) in [6.07, 6.45) is 6.89. The quantitative estimate of drug-likeness (QED) is 0.456. The van der Waals surface area contributed by atoms with Crippen molar-refractivity contribution in [2.75, 3.05) is 0 Å². The zero-order chi connectivity index (χ0) is 11.2. The Morgan fingerprint density at radius 3 is 2.07 bits per heavy atom. The van der Waals surface area contributed by atoms with Crippen LogP contribution in [0.5, 0.6) is 0 Å². The van der Waals surface area contributed by atoms with E-state index in [1.54, 1.807) is 0 Å². The summed E-state index contributed by atoms with van der Waals surface area (Å²) < 4.78 is 0. The Morgan fingerprint density at radius 2 is 1.64 bits per heavy atom. The van der Waals surface area contributed by atoms with Crippen LogP contribution in [0.2, 0.25) is 0 Å². The summed E-state index contributed by atoms with van der Waals surface area (Å²) in [5, 5.41) is 0. The topological polar surface area (TPSA) is 12.4 Å². The van der Waals surface area contributed by atoms with Gasteiger partial charge in [0.05, 0.1) is 5.54 Å². The largest absolute Gasteiger partial charge is 0.291 e. The molecule has 1 nitrogen and oxygen atoms in total. The summed E-state index contributed by atoms with van der Waals surface area (Å²) in [5.41, 5.74) is 0.470. The fourth-order valence-electron chi connectivity index (χ4n) is 1.95. The van der Waals surface area contributed by atoms with Crippen LogP contribution < -0.4 is 0 Å². The Balaban J connectivity index is 4.00. The molecule has 0 aliphatic heterocycles. The van der Waals surface area contributed by atoms with Gasteiger partial charge in [0, 0.05) is 0 Å². The first kappa shape index (κ1) is 13.7. The monoisotopic (exact) mass is 197 g/mol. The van der Waals surface area contributed by atoms with Crippen LogP contribution >= 0.6 is 0 Å². The van der Waals surface area contributed by atoms with Crippen molar-refractivity contribution in [2.45, 2.75) is 72.8 Å². The van der Waals surface area contributed by atoms with Gasteiger partial charge in [-0.3, -0.25) is 4.99 Å². The van der Waals surface area contributed by atoms with Crippen molar-refractivity contribution in [3.8, 4) is 0 Å². The minimum atomic E-state index is 0.103. The molecule has 0 unspecified atom stereocenters. The molecule has 0 fully saturated rings. The van der Waals surface area contributed by atoms with Crippen LogP contribution in [0.1, 0.15) is 67.2 Å². The van der Waals surface area contributed by atoms with Crippen LogP contribution in [0, 0.1) is 5.41 Å². The van der Waals surface area contributed by atoms with E-state index in [1.807, 2.05) is 0 Å². The van der Waals surface area contributed by atoms with Gasteiger partial charge in [-0.2, -0.15) is 0 Å². The third kappa shape index (κ3) is 8.28. The van der Waals surface area contributed by atoms with Gasteiger partial charge in [-0.25, -0.2) is 0 Å². The van der Waals surface area contributed by atoms with Gasteiger partial charge in [0.15, 0.2) is 0 Å². The predicted molar refractivity (Wildman–Crippen MR) is 66.2 cm³/mol. The van der Waals surface area contributed by atoms with E-state index >= 15 is 0 Å². The molecule has 0 aromatic heterocycles. The molecule has 0 aromatic carbocycles. The normalized spacial score (nSPS) is 13.9. The van der Waals surface area contributed by atoms with Crippen molar-refractivity contribution in [2.24, 2.45) is 10.4 Å². The predicted octanol–water partition coefficient (Wildman–Crippen LogP) is 4.46. The van der Waals surface area contributed by atoms with E-state index in [2.05, 4.69) is 52.7 Å². The van der Waals surface area contributed by atoms with Crippen molar-refractivity contribution in [3.05, 3.63) is 0 Å². The molecule has 0 rings (SSSR count). The molecular formula is C13H27N. The van der Waals surface area contributed by atoms with Gasteiger partial charge in [-0.1, -0.05) is 34.1 Å². The molecule has 0 aromatic rings. The zero-order valence-corrected chi connectivity index (χ0v) is 10.9. The maximum absolute atomic E-state index is 4.65. The van der Waals surface area contributed by atoms with Crippen LogP contribution in [-0.4, -0.2) is 11.8 Å². The van der Waals surface area contributed by atoms with E-state index in [9.17, 15) is 0 Å². The summed E-state index contributed by atoms with van der Waals surface area (Å²) in [7, 11) is 0. The van der Waals surface area contributed by atoms with E-state index in [4.69, 9.17) is 0 Å². The lowest BCUT2D eigenvalue weighted by atomic mass is 9.82. The highest BCUT2D eigenvalue weighted by Gasteiger charge is 2.23. The fourth-order valence-corrected chi connectivity index (χ4v) is 1.95. The van der Waals surface area contributed by atoms with E-state index in [0.717, 1.165) is 12.8 Å². The summed E-state index contributed by atoms with van der Waals surface area (Å²) in [6.45, 7) is 13.5.